The molecule has 2 heterocycles. The summed E-state index contributed by atoms with van der Waals surface area (Å²) in [7, 11) is -3.89. The predicted octanol–water partition coefficient (Wildman–Crippen LogP) is 5.26. The van der Waals surface area contributed by atoms with Gasteiger partial charge in [-0.1, -0.05) is 60.7 Å². The summed E-state index contributed by atoms with van der Waals surface area (Å²) in [5, 5.41) is 9.01. The lowest BCUT2D eigenvalue weighted by Gasteiger charge is -2.12. The molecule has 4 aromatic rings. The number of benzene rings is 2. The molecule has 150 valence electrons. The molecule has 0 saturated carbocycles. The third-order valence-corrected chi connectivity index (χ3v) is 6.47. The molecule has 0 radical (unpaired) electrons. The summed E-state index contributed by atoms with van der Waals surface area (Å²) < 4.78 is 33.1. The van der Waals surface area contributed by atoms with E-state index in [1.54, 1.807) is 26.0 Å². The standard InChI is InChI=1S/C24H20N2O3S/c1-17(2)30(27,28)29-24-21(18-10-5-3-6-11-18)22(19-12-7-4-8-13-19)26-15-9-14-20(16-25)23(24)26/h3-15,17H,1-2H3. The lowest BCUT2D eigenvalue weighted by molar-refractivity contribution is 0.480. The van der Waals surface area contributed by atoms with Gasteiger partial charge in [-0.25, -0.2) is 0 Å². The van der Waals surface area contributed by atoms with Crippen LogP contribution in [0, 0.1) is 11.3 Å². The van der Waals surface area contributed by atoms with E-state index < -0.39 is 15.4 Å². The van der Waals surface area contributed by atoms with Gasteiger partial charge in [-0.15, -0.1) is 0 Å². The Labute approximate surface area is 175 Å². The van der Waals surface area contributed by atoms with E-state index in [2.05, 4.69) is 6.07 Å². The van der Waals surface area contributed by atoms with Crippen LogP contribution in [0.1, 0.15) is 19.4 Å². The first-order valence-corrected chi connectivity index (χ1v) is 11.0. The second kappa shape index (κ2) is 7.69. The number of rotatable bonds is 5. The number of hydrogen-bond acceptors (Lipinski definition) is 4. The van der Waals surface area contributed by atoms with Crippen molar-refractivity contribution in [3.8, 4) is 34.2 Å². The Bertz CT molecular complexity index is 1350. The van der Waals surface area contributed by atoms with Crippen molar-refractivity contribution < 1.29 is 12.6 Å². The molecule has 5 nitrogen and oxygen atoms in total. The van der Waals surface area contributed by atoms with E-state index in [-0.39, 0.29) is 5.75 Å². The molecule has 0 aliphatic rings. The van der Waals surface area contributed by atoms with Gasteiger partial charge >= 0.3 is 10.1 Å². The highest BCUT2D eigenvalue weighted by Crippen LogP contribution is 2.46. The highest BCUT2D eigenvalue weighted by Gasteiger charge is 2.29. The molecule has 2 aromatic heterocycles. The summed E-state index contributed by atoms with van der Waals surface area (Å²) in [6.07, 6.45) is 1.82. The van der Waals surface area contributed by atoms with Crippen LogP contribution in [0.5, 0.6) is 5.75 Å². The summed E-state index contributed by atoms with van der Waals surface area (Å²) in [6.45, 7) is 3.14. The average molecular weight is 417 g/mol. The Morgan fingerprint density at radius 3 is 2.07 bits per heavy atom. The first kappa shape index (κ1) is 19.7. The van der Waals surface area contributed by atoms with E-state index in [1.807, 2.05) is 71.3 Å². The second-order valence-electron chi connectivity index (χ2n) is 7.16. The smallest absolute Gasteiger partial charge is 0.311 e. The first-order chi connectivity index (χ1) is 14.4. The van der Waals surface area contributed by atoms with Crippen molar-refractivity contribution in [2.24, 2.45) is 0 Å². The number of hydrogen-bond donors (Lipinski definition) is 0. The SMILES string of the molecule is CC(C)S(=O)(=O)Oc1c(-c2ccccc2)c(-c2ccccc2)n2cccc(C#N)c12. The summed E-state index contributed by atoms with van der Waals surface area (Å²) in [6, 6.07) is 24.7. The lowest BCUT2D eigenvalue weighted by Crippen LogP contribution is -2.20. The molecule has 30 heavy (non-hydrogen) atoms. The van der Waals surface area contributed by atoms with Gasteiger partial charge in [0, 0.05) is 6.20 Å². The fraction of sp³-hybridized carbons (Fsp3) is 0.125. The van der Waals surface area contributed by atoms with E-state index in [0.29, 0.717) is 16.6 Å². The zero-order valence-corrected chi connectivity index (χ0v) is 17.4. The monoisotopic (exact) mass is 416 g/mol. The van der Waals surface area contributed by atoms with Gasteiger partial charge in [0.2, 0.25) is 0 Å². The Hall–Kier alpha value is -3.56. The van der Waals surface area contributed by atoms with Crippen LogP contribution in [0.25, 0.3) is 27.9 Å². The third-order valence-electron chi connectivity index (χ3n) is 4.92. The Morgan fingerprint density at radius 1 is 0.900 bits per heavy atom. The van der Waals surface area contributed by atoms with E-state index in [1.165, 1.54) is 0 Å². The molecule has 0 aliphatic heterocycles. The van der Waals surface area contributed by atoms with Crippen LogP contribution < -0.4 is 4.18 Å². The van der Waals surface area contributed by atoms with Crippen LogP contribution in [0.2, 0.25) is 0 Å². The topological polar surface area (TPSA) is 71.6 Å². The second-order valence-corrected chi connectivity index (χ2v) is 9.26. The number of nitriles is 1. The zero-order chi connectivity index (χ0) is 21.3. The predicted molar refractivity (Wildman–Crippen MR) is 118 cm³/mol. The van der Waals surface area contributed by atoms with Crippen molar-refractivity contribution in [3.63, 3.8) is 0 Å². The quantitative estimate of drug-likeness (QED) is 0.416. The van der Waals surface area contributed by atoms with Crippen molar-refractivity contribution in [1.29, 1.82) is 5.26 Å². The number of fused-ring (bicyclic) bond motifs is 1. The minimum Gasteiger partial charge on any atom is -0.379 e. The number of nitrogens with zero attached hydrogens (tertiary/aromatic N) is 2. The molecule has 2 aromatic carbocycles. The minimum absolute atomic E-state index is 0.172. The molecule has 0 unspecified atom stereocenters. The van der Waals surface area contributed by atoms with Gasteiger partial charge in [0.1, 0.15) is 11.6 Å². The Balaban J connectivity index is 2.19. The van der Waals surface area contributed by atoms with Crippen LogP contribution in [-0.4, -0.2) is 18.1 Å². The summed E-state index contributed by atoms with van der Waals surface area (Å²) in [4.78, 5) is 0. The number of pyridine rings is 1. The van der Waals surface area contributed by atoms with Crippen LogP contribution >= 0.6 is 0 Å². The Kier molecular flexibility index (Phi) is 5.06. The molecule has 4 rings (SSSR count). The zero-order valence-electron chi connectivity index (χ0n) is 16.6. The molecule has 0 amide bonds. The molecular weight excluding hydrogens is 396 g/mol. The summed E-state index contributed by atoms with van der Waals surface area (Å²) in [5.74, 6) is 0.172. The van der Waals surface area contributed by atoms with Crippen molar-refractivity contribution in [2.75, 3.05) is 0 Å². The third kappa shape index (κ3) is 3.34. The van der Waals surface area contributed by atoms with Crippen LogP contribution in [-0.2, 0) is 10.1 Å². The summed E-state index contributed by atoms with van der Waals surface area (Å²) >= 11 is 0. The van der Waals surface area contributed by atoms with Gasteiger partial charge in [0.15, 0.2) is 5.75 Å². The van der Waals surface area contributed by atoms with Gasteiger partial charge in [0.25, 0.3) is 0 Å². The van der Waals surface area contributed by atoms with E-state index in [4.69, 9.17) is 4.18 Å². The first-order valence-electron chi connectivity index (χ1n) is 9.55. The highest BCUT2D eigenvalue weighted by atomic mass is 32.2. The maximum Gasteiger partial charge on any atom is 0.311 e. The normalized spacial score (nSPS) is 11.5. The fourth-order valence-corrected chi connectivity index (χ4v) is 4.00. The molecule has 0 spiro atoms. The van der Waals surface area contributed by atoms with Gasteiger partial charge in [-0.2, -0.15) is 13.7 Å². The lowest BCUT2D eigenvalue weighted by atomic mass is 10.0. The van der Waals surface area contributed by atoms with Gasteiger partial charge < -0.3 is 8.58 Å². The van der Waals surface area contributed by atoms with Crippen molar-refractivity contribution in [1.82, 2.24) is 4.40 Å². The maximum absolute atomic E-state index is 12.8. The molecule has 0 aliphatic carbocycles. The van der Waals surface area contributed by atoms with Crippen LogP contribution in [0.4, 0.5) is 0 Å². The van der Waals surface area contributed by atoms with E-state index >= 15 is 0 Å². The largest absolute Gasteiger partial charge is 0.379 e. The molecule has 0 N–H and O–H groups in total. The van der Waals surface area contributed by atoms with Gasteiger partial charge in [-0.3, -0.25) is 0 Å². The molecular formula is C24H20N2O3S. The van der Waals surface area contributed by atoms with E-state index in [0.717, 1.165) is 16.8 Å². The minimum atomic E-state index is -3.89. The number of aromatic nitrogens is 1. The molecule has 6 heteroatoms. The summed E-state index contributed by atoms with van der Waals surface area (Å²) in [5.41, 5.74) is 3.86. The van der Waals surface area contributed by atoms with Crippen LogP contribution in [0.15, 0.2) is 79.0 Å². The molecule has 0 fully saturated rings. The average Bonchev–Trinajstić information content (AvgIpc) is 3.08. The molecule has 0 bridgehead atoms. The van der Waals surface area contributed by atoms with Crippen molar-refractivity contribution >= 4 is 15.6 Å². The van der Waals surface area contributed by atoms with E-state index in [9.17, 15) is 13.7 Å². The Morgan fingerprint density at radius 2 is 1.50 bits per heavy atom. The molecule has 0 atom stereocenters. The molecule has 0 saturated heterocycles. The van der Waals surface area contributed by atoms with Gasteiger partial charge in [0.05, 0.1) is 22.1 Å². The van der Waals surface area contributed by atoms with Crippen LogP contribution in [0.3, 0.4) is 0 Å². The maximum atomic E-state index is 12.8. The van der Waals surface area contributed by atoms with Crippen molar-refractivity contribution in [2.45, 2.75) is 19.1 Å². The van der Waals surface area contributed by atoms with Crippen molar-refractivity contribution in [3.05, 3.63) is 84.6 Å². The highest BCUT2D eigenvalue weighted by molar-refractivity contribution is 7.87. The fourth-order valence-electron chi connectivity index (χ4n) is 3.41. The van der Waals surface area contributed by atoms with Gasteiger partial charge in [-0.05, 0) is 37.1 Å².